The third kappa shape index (κ3) is 1.53. The van der Waals surface area contributed by atoms with Gasteiger partial charge in [-0.15, -0.1) is 0 Å². The normalized spacial score (nSPS) is 41.1. The first-order chi connectivity index (χ1) is 7.74. The van der Waals surface area contributed by atoms with Crippen LogP contribution in [-0.4, -0.2) is 29.2 Å². The number of ether oxygens (including phenoxy) is 2. The fourth-order valence-corrected chi connectivity index (χ4v) is 3.23. The largest absolute Gasteiger partial charge is 0.386 e. The van der Waals surface area contributed by atoms with Gasteiger partial charge in [-0.25, -0.2) is 0 Å². The van der Waals surface area contributed by atoms with Crippen LogP contribution in [0.5, 0.6) is 0 Å². The second-order valence-corrected chi connectivity index (χ2v) is 5.18. The molecule has 90 valence electrons. The molecule has 1 spiro atoms. The van der Waals surface area contributed by atoms with Gasteiger partial charge in [-0.1, -0.05) is 19.4 Å². The molecule has 3 nitrogen and oxygen atoms in total. The Morgan fingerprint density at radius 3 is 2.75 bits per heavy atom. The van der Waals surface area contributed by atoms with Crippen LogP contribution in [0.3, 0.4) is 0 Å². The molecule has 0 bridgehead atoms. The van der Waals surface area contributed by atoms with E-state index in [4.69, 9.17) is 9.47 Å². The van der Waals surface area contributed by atoms with Gasteiger partial charge in [-0.3, -0.25) is 0 Å². The van der Waals surface area contributed by atoms with Crippen molar-refractivity contribution in [3.05, 3.63) is 11.6 Å². The van der Waals surface area contributed by atoms with Crippen molar-refractivity contribution in [2.75, 3.05) is 0 Å². The lowest BCUT2D eigenvalue weighted by Gasteiger charge is -2.32. The number of hydrogen-bond acceptors (Lipinski definition) is 3. The Morgan fingerprint density at radius 1 is 1.31 bits per heavy atom. The summed E-state index contributed by atoms with van der Waals surface area (Å²) in [6, 6.07) is 0. The Bertz CT molecular complexity index is 304. The molecule has 16 heavy (non-hydrogen) atoms. The van der Waals surface area contributed by atoms with Gasteiger partial charge in [-0.2, -0.15) is 0 Å². The fraction of sp³-hybridized carbons (Fsp3) is 0.846. The molecule has 2 fully saturated rings. The lowest BCUT2D eigenvalue weighted by atomic mass is 9.94. The van der Waals surface area contributed by atoms with Crippen LogP contribution in [0.2, 0.25) is 0 Å². The molecule has 0 aromatic rings. The third-order valence-corrected chi connectivity index (χ3v) is 4.10. The maximum absolute atomic E-state index is 9.93. The summed E-state index contributed by atoms with van der Waals surface area (Å²) < 4.78 is 12.2. The van der Waals surface area contributed by atoms with Gasteiger partial charge >= 0.3 is 0 Å². The first-order valence-electron chi connectivity index (χ1n) is 6.48. The van der Waals surface area contributed by atoms with Crippen LogP contribution < -0.4 is 0 Å². The minimum atomic E-state index is -0.471. The molecule has 1 N–H and O–H groups in total. The zero-order valence-corrected chi connectivity index (χ0v) is 9.82. The van der Waals surface area contributed by atoms with Gasteiger partial charge in [0.25, 0.3) is 0 Å². The highest BCUT2D eigenvalue weighted by molar-refractivity contribution is 5.24. The predicted molar refractivity (Wildman–Crippen MR) is 59.9 cm³/mol. The molecule has 3 heteroatoms. The van der Waals surface area contributed by atoms with Gasteiger partial charge in [0, 0.05) is 12.8 Å². The molecule has 3 aliphatic rings. The second-order valence-electron chi connectivity index (χ2n) is 5.18. The van der Waals surface area contributed by atoms with Crippen molar-refractivity contribution in [2.24, 2.45) is 0 Å². The third-order valence-electron chi connectivity index (χ3n) is 4.10. The van der Waals surface area contributed by atoms with E-state index in [-0.39, 0.29) is 18.0 Å². The van der Waals surface area contributed by atoms with Crippen LogP contribution in [0.15, 0.2) is 11.6 Å². The summed E-state index contributed by atoms with van der Waals surface area (Å²) in [6.45, 7) is 2.11. The summed E-state index contributed by atoms with van der Waals surface area (Å²) in [7, 11) is 0. The minimum Gasteiger partial charge on any atom is -0.386 e. The molecule has 0 amide bonds. The Balaban J connectivity index is 1.79. The molecule has 1 heterocycles. The molecule has 3 rings (SSSR count). The summed E-state index contributed by atoms with van der Waals surface area (Å²) in [5.41, 5.74) is 1.21. The number of rotatable bonds is 1. The zero-order chi connectivity index (χ0) is 11.2. The Morgan fingerprint density at radius 2 is 2.06 bits per heavy atom. The molecular weight excluding hydrogens is 204 g/mol. The molecule has 0 unspecified atom stereocenters. The van der Waals surface area contributed by atoms with Crippen LogP contribution in [0.1, 0.15) is 45.4 Å². The smallest absolute Gasteiger partial charge is 0.169 e. The van der Waals surface area contributed by atoms with E-state index in [1.165, 1.54) is 24.8 Å². The molecule has 2 aliphatic carbocycles. The van der Waals surface area contributed by atoms with Gasteiger partial charge in [0.15, 0.2) is 5.79 Å². The average Bonchev–Trinajstić information content (AvgIpc) is 2.78. The monoisotopic (exact) mass is 224 g/mol. The number of aliphatic hydroxyl groups excluding tert-OH is 1. The summed E-state index contributed by atoms with van der Waals surface area (Å²) in [5, 5.41) is 9.93. The van der Waals surface area contributed by atoms with Crippen LogP contribution in [0, 0.1) is 0 Å². The van der Waals surface area contributed by atoms with Crippen molar-refractivity contribution in [1.82, 2.24) is 0 Å². The van der Waals surface area contributed by atoms with E-state index in [1.807, 2.05) is 6.08 Å². The van der Waals surface area contributed by atoms with Gasteiger partial charge < -0.3 is 14.6 Å². The summed E-state index contributed by atoms with van der Waals surface area (Å²) >= 11 is 0. The summed E-state index contributed by atoms with van der Waals surface area (Å²) in [6.07, 6.45) is 7.87. The van der Waals surface area contributed by atoms with Crippen molar-refractivity contribution in [2.45, 2.75) is 69.5 Å². The van der Waals surface area contributed by atoms with Crippen LogP contribution in [0.4, 0.5) is 0 Å². The molecule has 1 aliphatic heterocycles. The maximum atomic E-state index is 9.93. The van der Waals surface area contributed by atoms with Crippen LogP contribution >= 0.6 is 0 Å². The van der Waals surface area contributed by atoms with E-state index in [2.05, 4.69) is 6.92 Å². The van der Waals surface area contributed by atoms with Crippen LogP contribution in [-0.2, 0) is 9.47 Å². The van der Waals surface area contributed by atoms with Crippen molar-refractivity contribution in [3.63, 3.8) is 0 Å². The Kier molecular flexibility index (Phi) is 2.57. The second kappa shape index (κ2) is 3.83. The lowest BCUT2D eigenvalue weighted by molar-refractivity contribution is -0.198. The van der Waals surface area contributed by atoms with E-state index < -0.39 is 6.10 Å². The topological polar surface area (TPSA) is 38.7 Å². The van der Waals surface area contributed by atoms with Gasteiger partial charge in [0.05, 0.1) is 0 Å². The van der Waals surface area contributed by atoms with Crippen molar-refractivity contribution in [3.8, 4) is 0 Å². The summed E-state index contributed by atoms with van der Waals surface area (Å²) in [5.74, 6) is -0.372. The molecule has 0 aromatic carbocycles. The molecular formula is C13H20O3. The van der Waals surface area contributed by atoms with Crippen molar-refractivity contribution < 1.29 is 14.6 Å². The number of fused-ring (bicyclic) bond motifs is 1. The molecule has 1 saturated carbocycles. The number of hydrogen-bond donors (Lipinski definition) is 1. The summed E-state index contributed by atoms with van der Waals surface area (Å²) in [4.78, 5) is 0. The average molecular weight is 224 g/mol. The van der Waals surface area contributed by atoms with E-state index >= 15 is 0 Å². The van der Waals surface area contributed by atoms with E-state index in [1.54, 1.807) is 0 Å². The maximum Gasteiger partial charge on any atom is 0.169 e. The quantitative estimate of drug-likeness (QED) is 0.693. The molecule has 0 radical (unpaired) electrons. The predicted octanol–water partition coefficient (Wildman–Crippen LogP) is 2.14. The van der Waals surface area contributed by atoms with E-state index in [9.17, 15) is 5.11 Å². The van der Waals surface area contributed by atoms with Gasteiger partial charge in [0.2, 0.25) is 0 Å². The molecule has 0 aromatic heterocycles. The zero-order valence-electron chi connectivity index (χ0n) is 9.82. The fourth-order valence-electron chi connectivity index (χ4n) is 3.23. The highest BCUT2D eigenvalue weighted by Gasteiger charge is 2.53. The van der Waals surface area contributed by atoms with Crippen molar-refractivity contribution in [1.29, 1.82) is 0 Å². The van der Waals surface area contributed by atoms with E-state index in [0.29, 0.717) is 0 Å². The molecule has 3 atom stereocenters. The van der Waals surface area contributed by atoms with Gasteiger partial charge in [-0.05, 0) is 24.8 Å². The highest BCUT2D eigenvalue weighted by atomic mass is 16.8. The van der Waals surface area contributed by atoms with Gasteiger partial charge in [0.1, 0.15) is 18.3 Å². The Hall–Kier alpha value is -0.380. The van der Waals surface area contributed by atoms with Crippen LogP contribution in [0.25, 0.3) is 0 Å². The first-order valence-corrected chi connectivity index (χ1v) is 6.48. The standard InChI is InChI=1S/C13H20O3/c1-2-9-8-10(14)12-11(9)15-13(16-12)6-4-3-5-7-13/h8,10-12,14H,2-7H2,1H3/t10-,11+,12-/m0/s1. The molecule has 1 saturated heterocycles. The minimum absolute atomic E-state index is 0.0121. The number of aliphatic hydroxyl groups is 1. The first kappa shape index (κ1) is 10.8. The van der Waals surface area contributed by atoms with Crippen molar-refractivity contribution >= 4 is 0 Å². The SMILES string of the molecule is CCC1=C[C@H](O)[C@@H]2OC3(CCCCC3)O[C@H]12. The lowest BCUT2D eigenvalue weighted by Crippen LogP contribution is -2.35. The highest BCUT2D eigenvalue weighted by Crippen LogP contribution is 2.46. The van der Waals surface area contributed by atoms with E-state index in [0.717, 1.165) is 19.3 Å². The Labute approximate surface area is 96.4 Å².